The summed E-state index contributed by atoms with van der Waals surface area (Å²) < 4.78 is 13.5. The van der Waals surface area contributed by atoms with Crippen molar-refractivity contribution in [3.05, 3.63) is 95.1 Å². The van der Waals surface area contributed by atoms with Gasteiger partial charge in [0.15, 0.2) is 6.29 Å². The van der Waals surface area contributed by atoms with E-state index in [4.69, 9.17) is 14.7 Å². The van der Waals surface area contributed by atoms with Gasteiger partial charge in [-0.3, -0.25) is 19.7 Å². The molecule has 2 saturated heterocycles. The Kier molecular flexibility index (Phi) is 11.9. The van der Waals surface area contributed by atoms with Crippen LogP contribution in [0.25, 0.3) is 11.1 Å². The average molecular weight is 698 g/mol. The van der Waals surface area contributed by atoms with Crippen molar-refractivity contribution in [1.29, 1.82) is 0 Å². The predicted octanol–water partition coefficient (Wildman–Crippen LogP) is 7.36. The number of benzene rings is 3. The highest BCUT2D eigenvalue weighted by molar-refractivity contribution is 5.76. The third kappa shape index (κ3) is 9.64. The standard InChI is InChI=1S/C42H55N3O6/c1-41(2)22-34-23-42(3,27-41)28-45(34)25-35-21-37(31-15-13-29(26-46)14-16-31)51-40(50-35)32-19-17-30(18-20-32)36-10-8-7-9-33(36)24-43-38(47)11-5-4-6-12-39(48)44-49/h7-10,13-20,34-35,37,40,46,49H,4-6,11-12,21-28H2,1-3H3,(H,43,47)(H,44,48)/t34?,35-,37+,40+,42?/m0/s1. The average Bonchev–Trinajstić information content (AvgIpc) is 3.37. The van der Waals surface area contributed by atoms with Gasteiger partial charge < -0.3 is 19.9 Å². The second kappa shape index (κ2) is 16.4. The maximum Gasteiger partial charge on any atom is 0.243 e. The number of likely N-dealkylation sites (tertiary alicyclic amines) is 1. The molecule has 51 heavy (non-hydrogen) atoms. The first-order valence-corrected chi connectivity index (χ1v) is 18.7. The number of hydrogen-bond donors (Lipinski definition) is 4. The Bertz CT molecular complexity index is 1630. The summed E-state index contributed by atoms with van der Waals surface area (Å²) in [5, 5.41) is 21.3. The van der Waals surface area contributed by atoms with Crippen LogP contribution in [0.5, 0.6) is 0 Å². The highest BCUT2D eigenvalue weighted by Crippen LogP contribution is 2.53. The molecule has 2 bridgehead atoms. The Morgan fingerprint density at radius 3 is 2.29 bits per heavy atom. The van der Waals surface area contributed by atoms with Crippen LogP contribution in [0.4, 0.5) is 0 Å². The molecule has 3 fully saturated rings. The minimum absolute atomic E-state index is 0.0152. The van der Waals surface area contributed by atoms with Crippen molar-refractivity contribution in [2.24, 2.45) is 10.8 Å². The van der Waals surface area contributed by atoms with Crippen LogP contribution in [0.15, 0.2) is 72.8 Å². The fraction of sp³-hybridized carbons (Fsp3) is 0.524. The molecule has 2 aliphatic heterocycles. The van der Waals surface area contributed by atoms with E-state index in [1.165, 1.54) is 19.3 Å². The minimum Gasteiger partial charge on any atom is -0.392 e. The number of carbonyl (C=O) groups is 2. The normalized spacial score (nSPS) is 25.7. The van der Waals surface area contributed by atoms with Crippen LogP contribution in [-0.2, 0) is 32.2 Å². The lowest BCUT2D eigenvalue weighted by Gasteiger charge is -2.41. The number of rotatable bonds is 14. The van der Waals surface area contributed by atoms with Crippen LogP contribution in [-0.4, -0.2) is 52.3 Å². The van der Waals surface area contributed by atoms with Gasteiger partial charge in [-0.05, 0) is 70.8 Å². The van der Waals surface area contributed by atoms with Crippen LogP contribution < -0.4 is 10.8 Å². The predicted molar refractivity (Wildman–Crippen MR) is 196 cm³/mol. The van der Waals surface area contributed by atoms with Crippen molar-refractivity contribution >= 4 is 11.8 Å². The number of nitrogens with zero attached hydrogens (tertiary/aromatic N) is 1. The van der Waals surface area contributed by atoms with Gasteiger partial charge in [0, 0.05) is 50.5 Å². The number of ether oxygens (including phenoxy) is 2. The van der Waals surface area contributed by atoms with Gasteiger partial charge in [0.25, 0.3) is 0 Å². The molecule has 5 atom stereocenters. The highest BCUT2D eigenvalue weighted by atomic mass is 16.7. The molecule has 3 aliphatic rings. The summed E-state index contributed by atoms with van der Waals surface area (Å²) in [6.45, 7) is 9.73. The number of nitrogens with one attached hydrogen (secondary N) is 2. The van der Waals surface area contributed by atoms with E-state index in [0.29, 0.717) is 42.7 Å². The molecule has 2 heterocycles. The smallest absolute Gasteiger partial charge is 0.243 e. The Morgan fingerprint density at radius 2 is 1.57 bits per heavy atom. The zero-order valence-corrected chi connectivity index (χ0v) is 30.4. The van der Waals surface area contributed by atoms with Crippen LogP contribution in [0.1, 0.15) is 113 Å². The molecule has 3 aromatic rings. The van der Waals surface area contributed by atoms with Gasteiger partial charge in [0.1, 0.15) is 0 Å². The number of aliphatic hydroxyl groups is 1. The van der Waals surface area contributed by atoms with E-state index >= 15 is 0 Å². The van der Waals surface area contributed by atoms with Crippen molar-refractivity contribution in [1.82, 2.24) is 15.7 Å². The molecule has 2 amide bonds. The van der Waals surface area contributed by atoms with E-state index in [9.17, 15) is 14.7 Å². The minimum atomic E-state index is -0.512. The first kappa shape index (κ1) is 37.2. The topological polar surface area (TPSA) is 120 Å². The fourth-order valence-electron chi connectivity index (χ4n) is 8.95. The Morgan fingerprint density at radius 1 is 0.863 bits per heavy atom. The fourth-order valence-corrected chi connectivity index (χ4v) is 8.95. The lowest BCUT2D eigenvalue weighted by atomic mass is 9.65. The number of hydrogen-bond acceptors (Lipinski definition) is 7. The number of unbranched alkanes of at least 4 members (excludes halogenated alkanes) is 2. The Balaban J connectivity index is 1.12. The number of hydroxylamine groups is 1. The van der Waals surface area contributed by atoms with E-state index in [1.54, 1.807) is 5.48 Å². The van der Waals surface area contributed by atoms with Gasteiger partial charge in [0.05, 0.1) is 18.8 Å². The summed E-state index contributed by atoms with van der Waals surface area (Å²) in [5.41, 5.74) is 8.44. The van der Waals surface area contributed by atoms with Gasteiger partial charge in [-0.25, -0.2) is 5.48 Å². The molecule has 6 rings (SSSR count). The molecular formula is C42H55N3O6. The summed E-state index contributed by atoms with van der Waals surface area (Å²) in [7, 11) is 0. The molecule has 1 saturated carbocycles. The van der Waals surface area contributed by atoms with Crippen molar-refractivity contribution in [3.63, 3.8) is 0 Å². The number of amides is 2. The van der Waals surface area contributed by atoms with Crippen LogP contribution >= 0.6 is 0 Å². The molecule has 0 radical (unpaired) electrons. The molecule has 4 N–H and O–H groups in total. The maximum absolute atomic E-state index is 12.6. The zero-order valence-electron chi connectivity index (χ0n) is 30.4. The van der Waals surface area contributed by atoms with Crippen LogP contribution in [0.2, 0.25) is 0 Å². The Hall–Kier alpha value is -3.60. The first-order chi connectivity index (χ1) is 24.5. The summed E-state index contributed by atoms with van der Waals surface area (Å²) >= 11 is 0. The van der Waals surface area contributed by atoms with Gasteiger partial charge >= 0.3 is 0 Å². The van der Waals surface area contributed by atoms with Crippen LogP contribution in [0, 0.1) is 10.8 Å². The molecule has 274 valence electrons. The highest BCUT2D eigenvalue weighted by Gasteiger charge is 2.50. The summed E-state index contributed by atoms with van der Waals surface area (Å²) in [5.74, 6) is -0.428. The lowest BCUT2D eigenvalue weighted by Crippen LogP contribution is -2.42. The second-order valence-corrected chi connectivity index (χ2v) is 16.1. The third-order valence-electron chi connectivity index (χ3n) is 11.0. The second-order valence-electron chi connectivity index (χ2n) is 16.1. The van der Waals surface area contributed by atoms with Crippen molar-refractivity contribution in [2.75, 3.05) is 13.1 Å². The molecule has 3 aromatic carbocycles. The molecule has 0 aromatic heterocycles. The lowest BCUT2D eigenvalue weighted by molar-refractivity contribution is -0.253. The first-order valence-electron chi connectivity index (χ1n) is 18.7. The number of fused-ring (bicyclic) bond motifs is 2. The number of aliphatic hydroxyl groups excluding tert-OH is 1. The van der Waals surface area contributed by atoms with E-state index in [1.807, 2.05) is 30.3 Å². The molecule has 0 spiro atoms. The zero-order chi connectivity index (χ0) is 36.0. The van der Waals surface area contributed by atoms with E-state index in [0.717, 1.165) is 59.3 Å². The monoisotopic (exact) mass is 697 g/mol. The molecule has 1 aliphatic carbocycles. The van der Waals surface area contributed by atoms with Gasteiger partial charge in [-0.1, -0.05) is 100.0 Å². The van der Waals surface area contributed by atoms with Gasteiger partial charge in [-0.15, -0.1) is 0 Å². The van der Waals surface area contributed by atoms with Gasteiger partial charge in [0.2, 0.25) is 11.8 Å². The molecule has 9 heteroatoms. The quantitative estimate of drug-likeness (QED) is 0.0789. The van der Waals surface area contributed by atoms with Crippen molar-refractivity contribution in [2.45, 2.75) is 116 Å². The van der Waals surface area contributed by atoms with E-state index in [-0.39, 0.29) is 31.1 Å². The summed E-state index contributed by atoms with van der Waals surface area (Å²) in [6.07, 6.45) is 6.60. The summed E-state index contributed by atoms with van der Waals surface area (Å²) in [4.78, 5) is 26.4. The van der Waals surface area contributed by atoms with Crippen LogP contribution in [0.3, 0.4) is 0 Å². The number of carbonyl (C=O) groups excluding carboxylic acids is 2. The van der Waals surface area contributed by atoms with E-state index < -0.39 is 12.2 Å². The molecular weight excluding hydrogens is 642 g/mol. The third-order valence-corrected chi connectivity index (χ3v) is 11.0. The maximum atomic E-state index is 12.6. The van der Waals surface area contributed by atoms with Crippen molar-refractivity contribution < 1.29 is 29.4 Å². The largest absolute Gasteiger partial charge is 0.392 e. The van der Waals surface area contributed by atoms with Gasteiger partial charge in [-0.2, -0.15) is 0 Å². The molecule has 9 nitrogen and oxygen atoms in total. The SMILES string of the molecule is CC1(C)CC2CC(C)(CN2C[C@@H]2C[C@H](c3ccc(CO)cc3)O[C@H](c3ccc(-c4ccccc4CNC(=O)CCCCCC(=O)NO)cc3)O2)C1. The summed E-state index contributed by atoms with van der Waals surface area (Å²) in [6, 6.07) is 25.2. The van der Waals surface area contributed by atoms with E-state index in [2.05, 4.69) is 73.5 Å². The van der Waals surface area contributed by atoms with Crippen molar-refractivity contribution in [3.8, 4) is 11.1 Å². The Labute approximate surface area is 302 Å². The molecule has 2 unspecified atom stereocenters.